The van der Waals surface area contributed by atoms with Gasteiger partial charge in [0.15, 0.2) is 0 Å². The van der Waals surface area contributed by atoms with Crippen molar-refractivity contribution >= 4 is 5.97 Å². The van der Waals surface area contributed by atoms with Crippen molar-refractivity contribution in [3.63, 3.8) is 0 Å². The number of rotatable bonds is 3. The maximum absolute atomic E-state index is 11.8. The normalized spacial score (nSPS) is 38.7. The average Bonchev–Trinajstić information content (AvgIpc) is 2.49. The largest absolute Gasteiger partial charge is 0.461 e. The minimum Gasteiger partial charge on any atom is -0.461 e. The molecule has 0 aromatic rings. The van der Waals surface area contributed by atoms with E-state index in [0.29, 0.717) is 12.0 Å². The molecular weight excluding hydrogens is 214 g/mol. The van der Waals surface area contributed by atoms with E-state index in [1.807, 2.05) is 19.0 Å². The molecule has 3 heteroatoms. The summed E-state index contributed by atoms with van der Waals surface area (Å²) in [6.07, 6.45) is 3.68. The molecule has 2 aliphatic rings. The van der Waals surface area contributed by atoms with Crippen LogP contribution in [0.2, 0.25) is 0 Å². The van der Waals surface area contributed by atoms with Gasteiger partial charge in [-0.25, -0.2) is 0 Å². The van der Waals surface area contributed by atoms with Crippen LogP contribution in [0.25, 0.3) is 0 Å². The van der Waals surface area contributed by atoms with Crippen LogP contribution in [0.15, 0.2) is 0 Å². The highest BCUT2D eigenvalue weighted by Crippen LogP contribution is 2.66. The Hall–Kier alpha value is -0.570. The van der Waals surface area contributed by atoms with Crippen molar-refractivity contribution in [3.8, 4) is 0 Å². The van der Waals surface area contributed by atoms with Gasteiger partial charge in [0.1, 0.15) is 6.10 Å². The van der Waals surface area contributed by atoms with Crippen LogP contribution in [0, 0.1) is 16.7 Å². The van der Waals surface area contributed by atoms with Gasteiger partial charge in [-0.05, 0) is 44.7 Å². The summed E-state index contributed by atoms with van der Waals surface area (Å²) in [5, 5.41) is 0. The molecule has 3 atom stereocenters. The number of hydrogen-bond acceptors (Lipinski definition) is 3. The van der Waals surface area contributed by atoms with Crippen molar-refractivity contribution in [2.24, 2.45) is 16.7 Å². The van der Waals surface area contributed by atoms with Crippen LogP contribution in [-0.4, -0.2) is 37.6 Å². The minimum absolute atomic E-state index is 0.0791. The Morgan fingerprint density at radius 1 is 1.35 bits per heavy atom. The molecule has 0 heterocycles. The molecule has 0 N–H and O–H groups in total. The van der Waals surface area contributed by atoms with Gasteiger partial charge in [-0.15, -0.1) is 0 Å². The molecular formula is C14H25NO2. The van der Waals surface area contributed by atoms with Gasteiger partial charge in [0.2, 0.25) is 0 Å². The monoisotopic (exact) mass is 239 g/mol. The summed E-state index contributed by atoms with van der Waals surface area (Å²) < 4.78 is 5.71. The summed E-state index contributed by atoms with van der Waals surface area (Å²) in [4.78, 5) is 13.6. The van der Waals surface area contributed by atoms with E-state index in [1.54, 1.807) is 0 Å². The summed E-state index contributed by atoms with van der Waals surface area (Å²) in [7, 11) is 3.79. The van der Waals surface area contributed by atoms with E-state index in [2.05, 4.69) is 20.8 Å². The molecule has 2 bridgehead atoms. The van der Waals surface area contributed by atoms with E-state index in [0.717, 1.165) is 12.3 Å². The topological polar surface area (TPSA) is 29.5 Å². The highest BCUT2D eigenvalue weighted by Gasteiger charge is 2.62. The van der Waals surface area contributed by atoms with Crippen molar-refractivity contribution in [1.29, 1.82) is 0 Å². The number of carbonyl (C=O) groups excluding carboxylic acids is 1. The first-order chi connectivity index (χ1) is 7.77. The SMILES string of the molecule is CN(C)CC(=O)O[C@@H]1C[C@@H]2CC[C@]1(C)C2(C)C. The summed E-state index contributed by atoms with van der Waals surface area (Å²) in [5.74, 6) is 0.647. The van der Waals surface area contributed by atoms with Crippen LogP contribution < -0.4 is 0 Å². The lowest BCUT2D eigenvalue weighted by Gasteiger charge is -2.38. The third-order valence-electron chi connectivity index (χ3n) is 5.43. The van der Waals surface area contributed by atoms with E-state index in [-0.39, 0.29) is 17.5 Å². The second-order valence-electron chi connectivity index (χ2n) is 6.83. The van der Waals surface area contributed by atoms with Gasteiger partial charge in [-0.1, -0.05) is 20.8 Å². The molecule has 0 aromatic carbocycles. The molecule has 0 aliphatic heterocycles. The molecule has 0 spiro atoms. The fraction of sp³-hybridized carbons (Fsp3) is 0.929. The molecule has 3 nitrogen and oxygen atoms in total. The quantitative estimate of drug-likeness (QED) is 0.708. The Morgan fingerprint density at radius 2 is 2.00 bits per heavy atom. The zero-order valence-corrected chi connectivity index (χ0v) is 11.7. The maximum atomic E-state index is 11.8. The molecule has 98 valence electrons. The second-order valence-corrected chi connectivity index (χ2v) is 6.83. The number of carbonyl (C=O) groups is 1. The molecule has 0 radical (unpaired) electrons. The van der Waals surface area contributed by atoms with Crippen molar-refractivity contribution < 1.29 is 9.53 Å². The van der Waals surface area contributed by atoms with Gasteiger partial charge in [-0.3, -0.25) is 9.69 Å². The van der Waals surface area contributed by atoms with E-state index in [9.17, 15) is 4.79 Å². The van der Waals surface area contributed by atoms with Gasteiger partial charge in [0.25, 0.3) is 0 Å². The van der Waals surface area contributed by atoms with Gasteiger partial charge < -0.3 is 4.74 Å². The number of likely N-dealkylation sites (N-methyl/N-ethyl adjacent to an activating group) is 1. The summed E-state index contributed by atoms with van der Waals surface area (Å²) in [6, 6.07) is 0. The van der Waals surface area contributed by atoms with Crippen molar-refractivity contribution in [2.75, 3.05) is 20.6 Å². The fourth-order valence-corrected chi connectivity index (χ4v) is 3.76. The van der Waals surface area contributed by atoms with Gasteiger partial charge in [-0.2, -0.15) is 0 Å². The van der Waals surface area contributed by atoms with Crippen molar-refractivity contribution in [3.05, 3.63) is 0 Å². The minimum atomic E-state index is -0.0791. The number of esters is 1. The molecule has 17 heavy (non-hydrogen) atoms. The van der Waals surface area contributed by atoms with Crippen LogP contribution in [0.4, 0.5) is 0 Å². The van der Waals surface area contributed by atoms with E-state index < -0.39 is 0 Å². The van der Waals surface area contributed by atoms with Crippen molar-refractivity contribution in [1.82, 2.24) is 4.90 Å². The standard InChI is InChI=1S/C14H25NO2/c1-13(2)10-6-7-14(13,3)11(8-10)17-12(16)9-15(4)5/h10-11H,6-9H2,1-5H3/t10-,11+,14-/m0/s1. The Labute approximate surface area is 105 Å². The van der Waals surface area contributed by atoms with Crippen molar-refractivity contribution in [2.45, 2.75) is 46.1 Å². The predicted octanol–water partition coefficient (Wildman–Crippen LogP) is 2.31. The first kappa shape index (κ1) is 12.9. The number of fused-ring (bicyclic) bond motifs is 2. The zero-order chi connectivity index (χ0) is 12.8. The lowest BCUT2D eigenvalue weighted by Crippen LogP contribution is -2.39. The predicted molar refractivity (Wildman–Crippen MR) is 67.7 cm³/mol. The maximum Gasteiger partial charge on any atom is 0.320 e. The van der Waals surface area contributed by atoms with Crippen LogP contribution >= 0.6 is 0 Å². The lowest BCUT2D eigenvalue weighted by molar-refractivity contribution is -0.157. The number of nitrogens with zero attached hydrogens (tertiary/aromatic N) is 1. The summed E-state index contributed by atoms with van der Waals surface area (Å²) in [5.41, 5.74) is 0.496. The molecule has 2 fully saturated rings. The fourth-order valence-electron chi connectivity index (χ4n) is 3.76. The Bertz CT molecular complexity index is 324. The highest BCUT2D eigenvalue weighted by atomic mass is 16.5. The van der Waals surface area contributed by atoms with E-state index in [4.69, 9.17) is 4.74 Å². The zero-order valence-electron chi connectivity index (χ0n) is 11.7. The summed E-state index contributed by atoms with van der Waals surface area (Å²) in [6.45, 7) is 7.36. The number of ether oxygens (including phenoxy) is 1. The van der Waals surface area contributed by atoms with Crippen LogP contribution in [0.1, 0.15) is 40.0 Å². The van der Waals surface area contributed by atoms with Gasteiger partial charge in [0.05, 0.1) is 6.54 Å². The molecule has 2 aliphatic carbocycles. The first-order valence-corrected chi connectivity index (χ1v) is 6.61. The lowest BCUT2D eigenvalue weighted by atomic mass is 9.70. The molecule has 2 rings (SSSR count). The van der Waals surface area contributed by atoms with E-state index >= 15 is 0 Å². The molecule has 0 saturated heterocycles. The highest BCUT2D eigenvalue weighted by molar-refractivity contribution is 5.72. The van der Waals surface area contributed by atoms with Gasteiger partial charge >= 0.3 is 5.97 Å². The number of hydrogen-bond donors (Lipinski definition) is 0. The Balaban J connectivity index is 2.03. The molecule has 0 amide bonds. The Morgan fingerprint density at radius 3 is 2.41 bits per heavy atom. The van der Waals surface area contributed by atoms with Crippen LogP contribution in [0.3, 0.4) is 0 Å². The molecule has 0 unspecified atom stereocenters. The summed E-state index contributed by atoms with van der Waals surface area (Å²) >= 11 is 0. The van der Waals surface area contributed by atoms with E-state index in [1.165, 1.54) is 12.8 Å². The third-order valence-corrected chi connectivity index (χ3v) is 5.43. The van der Waals surface area contributed by atoms with Gasteiger partial charge in [0, 0.05) is 5.41 Å². The molecule has 0 aromatic heterocycles. The van der Waals surface area contributed by atoms with Crippen LogP contribution in [-0.2, 0) is 9.53 Å². The Kier molecular flexibility index (Phi) is 3.01. The first-order valence-electron chi connectivity index (χ1n) is 6.61. The average molecular weight is 239 g/mol. The smallest absolute Gasteiger partial charge is 0.320 e. The third kappa shape index (κ3) is 1.88. The molecule has 2 saturated carbocycles. The van der Waals surface area contributed by atoms with Crippen LogP contribution in [0.5, 0.6) is 0 Å². The second kappa shape index (κ2) is 3.98.